The molecule has 1 aliphatic rings. The summed E-state index contributed by atoms with van der Waals surface area (Å²) >= 11 is 0. The molecule has 2 unspecified atom stereocenters. The van der Waals surface area contributed by atoms with Crippen molar-refractivity contribution < 1.29 is 13.2 Å². The van der Waals surface area contributed by atoms with Gasteiger partial charge in [-0.05, 0) is 38.3 Å². The zero-order chi connectivity index (χ0) is 14.0. The van der Waals surface area contributed by atoms with Crippen LogP contribution in [0.15, 0.2) is 24.3 Å². The first-order chi connectivity index (χ1) is 8.91. The lowest BCUT2D eigenvalue weighted by Crippen LogP contribution is -2.49. The summed E-state index contributed by atoms with van der Waals surface area (Å²) in [4.78, 5) is 1.83. The fraction of sp³-hybridized carbons (Fsp3) is 0.571. The van der Waals surface area contributed by atoms with E-state index in [0.29, 0.717) is 6.54 Å². The van der Waals surface area contributed by atoms with Gasteiger partial charge in [-0.1, -0.05) is 12.1 Å². The number of halogens is 3. The average molecular weight is 272 g/mol. The lowest BCUT2D eigenvalue weighted by Gasteiger charge is -2.40. The van der Waals surface area contributed by atoms with Crippen molar-refractivity contribution in [2.45, 2.75) is 44.4 Å². The summed E-state index contributed by atoms with van der Waals surface area (Å²) in [5.74, 6) is 0. The Morgan fingerprint density at radius 2 is 1.95 bits per heavy atom. The standard InChI is InChI=1S/C14H19F3N2/c1-10(18)12-7-4-5-9-19(12)13-8-3-2-6-11(13)14(15,16)17/h2-3,6,8,10,12H,4-5,7,9,18H2,1H3. The molecular weight excluding hydrogens is 253 g/mol. The molecule has 1 aromatic rings. The van der Waals surface area contributed by atoms with E-state index in [4.69, 9.17) is 5.73 Å². The van der Waals surface area contributed by atoms with Gasteiger partial charge in [0.15, 0.2) is 0 Å². The second-order valence-electron chi connectivity index (χ2n) is 5.13. The Morgan fingerprint density at radius 1 is 1.26 bits per heavy atom. The van der Waals surface area contributed by atoms with Crippen molar-refractivity contribution in [2.24, 2.45) is 5.73 Å². The molecule has 1 aromatic carbocycles. The van der Waals surface area contributed by atoms with Gasteiger partial charge in [0.25, 0.3) is 0 Å². The number of nitrogens with two attached hydrogens (primary N) is 1. The van der Waals surface area contributed by atoms with Crippen LogP contribution in [0.3, 0.4) is 0 Å². The molecule has 2 N–H and O–H groups in total. The monoisotopic (exact) mass is 272 g/mol. The lowest BCUT2D eigenvalue weighted by molar-refractivity contribution is -0.137. The first kappa shape index (κ1) is 14.2. The number of hydrogen-bond donors (Lipinski definition) is 1. The van der Waals surface area contributed by atoms with Gasteiger partial charge in [0.2, 0.25) is 0 Å². The SMILES string of the molecule is CC(N)C1CCCCN1c1ccccc1C(F)(F)F. The summed E-state index contributed by atoms with van der Waals surface area (Å²) in [6.07, 6.45) is -1.54. The smallest absolute Gasteiger partial charge is 0.367 e. The van der Waals surface area contributed by atoms with Crippen molar-refractivity contribution in [3.8, 4) is 0 Å². The van der Waals surface area contributed by atoms with Crippen LogP contribution in [0.1, 0.15) is 31.7 Å². The van der Waals surface area contributed by atoms with E-state index in [0.717, 1.165) is 25.3 Å². The van der Waals surface area contributed by atoms with Gasteiger partial charge in [-0.3, -0.25) is 0 Å². The Hall–Kier alpha value is -1.23. The second-order valence-corrected chi connectivity index (χ2v) is 5.13. The number of para-hydroxylation sites is 1. The first-order valence-electron chi connectivity index (χ1n) is 6.59. The third-order valence-corrected chi connectivity index (χ3v) is 3.68. The molecule has 0 aliphatic carbocycles. The Kier molecular flexibility index (Phi) is 4.04. The van der Waals surface area contributed by atoms with Crippen molar-refractivity contribution >= 4 is 5.69 Å². The Balaban J connectivity index is 2.39. The zero-order valence-electron chi connectivity index (χ0n) is 11.0. The highest BCUT2D eigenvalue weighted by molar-refractivity contribution is 5.56. The summed E-state index contributed by atoms with van der Waals surface area (Å²) < 4.78 is 39.2. The predicted molar refractivity (Wildman–Crippen MR) is 70.1 cm³/mol. The zero-order valence-corrected chi connectivity index (χ0v) is 11.0. The number of benzene rings is 1. The van der Waals surface area contributed by atoms with Crippen molar-refractivity contribution in [1.82, 2.24) is 0 Å². The minimum atomic E-state index is -4.32. The minimum absolute atomic E-state index is 0.0164. The van der Waals surface area contributed by atoms with Gasteiger partial charge in [-0.15, -0.1) is 0 Å². The van der Waals surface area contributed by atoms with Gasteiger partial charge < -0.3 is 10.6 Å². The van der Waals surface area contributed by atoms with Crippen LogP contribution in [0.5, 0.6) is 0 Å². The molecule has 0 spiro atoms. The number of alkyl halides is 3. The third kappa shape index (κ3) is 3.03. The fourth-order valence-electron chi connectivity index (χ4n) is 2.77. The fourth-order valence-corrected chi connectivity index (χ4v) is 2.77. The molecule has 5 heteroatoms. The van der Waals surface area contributed by atoms with Crippen molar-refractivity contribution in [3.05, 3.63) is 29.8 Å². The molecule has 106 valence electrons. The third-order valence-electron chi connectivity index (χ3n) is 3.68. The summed E-state index contributed by atoms with van der Waals surface area (Å²) in [7, 11) is 0. The molecule has 1 heterocycles. The maximum atomic E-state index is 13.1. The number of anilines is 1. The molecule has 0 saturated carbocycles. The molecule has 0 amide bonds. The molecule has 19 heavy (non-hydrogen) atoms. The van der Waals surface area contributed by atoms with E-state index in [1.165, 1.54) is 6.07 Å². The topological polar surface area (TPSA) is 29.3 Å². The summed E-state index contributed by atoms with van der Waals surface area (Å²) in [6.45, 7) is 2.50. The molecule has 0 radical (unpaired) electrons. The van der Waals surface area contributed by atoms with E-state index in [2.05, 4.69) is 0 Å². The van der Waals surface area contributed by atoms with Gasteiger partial charge in [0.1, 0.15) is 0 Å². The quantitative estimate of drug-likeness (QED) is 0.894. The van der Waals surface area contributed by atoms with Crippen LogP contribution in [0.25, 0.3) is 0 Å². The van der Waals surface area contributed by atoms with Gasteiger partial charge in [-0.2, -0.15) is 13.2 Å². The molecule has 2 atom stereocenters. The van der Waals surface area contributed by atoms with Gasteiger partial charge in [0.05, 0.1) is 5.56 Å². The van der Waals surface area contributed by atoms with Crippen molar-refractivity contribution in [2.75, 3.05) is 11.4 Å². The van der Waals surface area contributed by atoms with Gasteiger partial charge in [-0.25, -0.2) is 0 Å². The van der Waals surface area contributed by atoms with Crippen LogP contribution in [0.4, 0.5) is 18.9 Å². The maximum absolute atomic E-state index is 13.1. The Labute approximate surface area is 111 Å². The van der Waals surface area contributed by atoms with Crippen LogP contribution in [-0.2, 0) is 6.18 Å². The normalized spacial score (nSPS) is 22.4. The summed E-state index contributed by atoms with van der Waals surface area (Å²) in [5.41, 5.74) is 5.63. The highest BCUT2D eigenvalue weighted by Gasteiger charge is 2.36. The first-order valence-corrected chi connectivity index (χ1v) is 6.59. The Morgan fingerprint density at radius 3 is 2.58 bits per heavy atom. The largest absolute Gasteiger partial charge is 0.418 e. The molecule has 1 fully saturated rings. The van der Waals surface area contributed by atoms with E-state index in [1.54, 1.807) is 12.1 Å². The van der Waals surface area contributed by atoms with Crippen LogP contribution in [-0.4, -0.2) is 18.6 Å². The molecule has 2 nitrogen and oxygen atoms in total. The maximum Gasteiger partial charge on any atom is 0.418 e. The van der Waals surface area contributed by atoms with E-state index >= 15 is 0 Å². The number of piperidine rings is 1. The van der Waals surface area contributed by atoms with Crippen molar-refractivity contribution in [3.63, 3.8) is 0 Å². The summed E-state index contributed by atoms with van der Waals surface area (Å²) in [5, 5.41) is 0. The van der Waals surface area contributed by atoms with Crippen LogP contribution >= 0.6 is 0 Å². The predicted octanol–water partition coefficient (Wildman–Crippen LogP) is 3.41. The minimum Gasteiger partial charge on any atom is -0.367 e. The second kappa shape index (κ2) is 5.41. The molecular formula is C14H19F3N2. The Bertz CT molecular complexity index is 429. The highest BCUT2D eigenvalue weighted by atomic mass is 19.4. The molecule has 1 saturated heterocycles. The number of rotatable bonds is 2. The van der Waals surface area contributed by atoms with E-state index in [-0.39, 0.29) is 17.8 Å². The molecule has 2 rings (SSSR count). The molecule has 0 aromatic heterocycles. The van der Waals surface area contributed by atoms with E-state index in [1.807, 2.05) is 11.8 Å². The van der Waals surface area contributed by atoms with E-state index < -0.39 is 11.7 Å². The summed E-state index contributed by atoms with van der Waals surface area (Å²) in [6, 6.07) is 5.61. The lowest BCUT2D eigenvalue weighted by atomic mass is 9.95. The highest BCUT2D eigenvalue weighted by Crippen LogP contribution is 2.38. The van der Waals surface area contributed by atoms with Gasteiger partial charge >= 0.3 is 6.18 Å². The van der Waals surface area contributed by atoms with Crippen LogP contribution < -0.4 is 10.6 Å². The van der Waals surface area contributed by atoms with Crippen molar-refractivity contribution in [1.29, 1.82) is 0 Å². The molecule has 1 aliphatic heterocycles. The van der Waals surface area contributed by atoms with Gasteiger partial charge in [0, 0.05) is 24.3 Å². The van der Waals surface area contributed by atoms with E-state index in [9.17, 15) is 13.2 Å². The van der Waals surface area contributed by atoms with Crippen LogP contribution in [0.2, 0.25) is 0 Å². The molecule has 0 bridgehead atoms. The van der Waals surface area contributed by atoms with Crippen LogP contribution in [0, 0.1) is 0 Å². The number of hydrogen-bond acceptors (Lipinski definition) is 2. The number of nitrogens with zero attached hydrogens (tertiary/aromatic N) is 1. The average Bonchev–Trinajstić information content (AvgIpc) is 2.37.